The van der Waals surface area contributed by atoms with E-state index in [1.54, 1.807) is 36.4 Å². The van der Waals surface area contributed by atoms with Crippen molar-refractivity contribution in [2.45, 2.75) is 5.97 Å². The molecule has 0 aliphatic carbocycles. The molecule has 2 aromatic carbocycles. The van der Waals surface area contributed by atoms with Crippen molar-refractivity contribution in [1.29, 1.82) is 0 Å². The molecule has 0 heterocycles. The lowest BCUT2D eigenvalue weighted by atomic mass is 9.95. The molecule has 0 fully saturated rings. The molecule has 5 heteroatoms. The molecule has 102 valence electrons. The molecule has 3 N–H and O–H groups in total. The van der Waals surface area contributed by atoms with Crippen molar-refractivity contribution in [2.24, 2.45) is 0 Å². The van der Waals surface area contributed by atoms with E-state index in [1.165, 1.54) is 18.2 Å². The summed E-state index contributed by atoms with van der Waals surface area (Å²) in [5.74, 6) is -5.30. The summed E-state index contributed by atoms with van der Waals surface area (Å²) < 4.78 is 0. The van der Waals surface area contributed by atoms with Crippen molar-refractivity contribution in [3.8, 4) is 0 Å². The van der Waals surface area contributed by atoms with Crippen molar-refractivity contribution in [3.05, 3.63) is 71.3 Å². The summed E-state index contributed by atoms with van der Waals surface area (Å²) in [6.07, 6.45) is 0. The first-order chi connectivity index (χ1) is 9.41. The van der Waals surface area contributed by atoms with Gasteiger partial charge in [0.1, 0.15) is 0 Å². The van der Waals surface area contributed by atoms with Crippen LogP contribution in [0.4, 0.5) is 0 Å². The maximum atomic E-state index is 12.3. The van der Waals surface area contributed by atoms with Crippen molar-refractivity contribution >= 4 is 11.6 Å². The predicted molar refractivity (Wildman–Crippen MR) is 70.0 cm³/mol. The summed E-state index contributed by atoms with van der Waals surface area (Å²) in [4.78, 5) is 24.0. The van der Waals surface area contributed by atoms with Gasteiger partial charge in [-0.3, -0.25) is 9.59 Å². The summed E-state index contributed by atoms with van der Waals surface area (Å²) >= 11 is 0. The van der Waals surface area contributed by atoms with Gasteiger partial charge in [-0.2, -0.15) is 0 Å². The molecule has 0 bridgehead atoms. The predicted octanol–water partition coefficient (Wildman–Crippen LogP) is 0.731. The fraction of sp³-hybridized carbons (Fsp3) is 0.0667. The largest absolute Gasteiger partial charge is 0.344 e. The third-order valence-electron chi connectivity index (χ3n) is 2.76. The lowest BCUT2D eigenvalue weighted by molar-refractivity contribution is -0.267. The number of aliphatic hydroxyl groups is 3. The maximum absolute atomic E-state index is 12.3. The minimum absolute atomic E-state index is 0.00905. The monoisotopic (exact) mass is 272 g/mol. The van der Waals surface area contributed by atoms with E-state index in [9.17, 15) is 9.59 Å². The number of rotatable bonds is 4. The number of carbonyl (C=O) groups is 2. The molecule has 0 amide bonds. The highest BCUT2D eigenvalue weighted by Crippen LogP contribution is 2.18. The maximum Gasteiger partial charge on any atom is 0.344 e. The van der Waals surface area contributed by atoms with E-state index in [2.05, 4.69) is 0 Å². The van der Waals surface area contributed by atoms with Gasteiger partial charge in [-0.25, -0.2) is 0 Å². The summed E-state index contributed by atoms with van der Waals surface area (Å²) in [5.41, 5.74) is 0.0891. The van der Waals surface area contributed by atoms with Crippen LogP contribution in [-0.2, 0) is 0 Å². The second-order valence-corrected chi connectivity index (χ2v) is 4.21. The molecule has 0 aromatic heterocycles. The number of hydrogen-bond acceptors (Lipinski definition) is 5. The van der Waals surface area contributed by atoms with Gasteiger partial charge in [0.25, 0.3) is 5.78 Å². The Morgan fingerprint density at radius 1 is 0.750 bits per heavy atom. The third kappa shape index (κ3) is 2.80. The number of hydrogen-bond donors (Lipinski definition) is 3. The van der Waals surface area contributed by atoms with Crippen LogP contribution in [0.3, 0.4) is 0 Å². The molecule has 0 spiro atoms. The lowest BCUT2D eigenvalue weighted by Gasteiger charge is -2.14. The molecule has 0 aliphatic heterocycles. The van der Waals surface area contributed by atoms with Crippen LogP contribution >= 0.6 is 0 Å². The average Bonchev–Trinajstić information content (AvgIpc) is 2.45. The first kappa shape index (κ1) is 14.1. The Balaban J connectivity index is 2.49. The van der Waals surface area contributed by atoms with Crippen LogP contribution in [0, 0.1) is 0 Å². The fourth-order valence-corrected chi connectivity index (χ4v) is 1.80. The molecule has 0 unspecified atom stereocenters. The molecule has 0 saturated heterocycles. The van der Waals surface area contributed by atoms with Crippen molar-refractivity contribution in [1.82, 2.24) is 0 Å². The van der Waals surface area contributed by atoms with Crippen molar-refractivity contribution in [2.75, 3.05) is 0 Å². The molecule has 0 radical (unpaired) electrons. The van der Waals surface area contributed by atoms with Crippen molar-refractivity contribution < 1.29 is 24.9 Å². The van der Waals surface area contributed by atoms with E-state index in [0.717, 1.165) is 0 Å². The molecule has 2 aromatic rings. The van der Waals surface area contributed by atoms with Gasteiger partial charge >= 0.3 is 5.97 Å². The van der Waals surface area contributed by atoms with E-state index in [1.807, 2.05) is 0 Å². The van der Waals surface area contributed by atoms with Crippen LogP contribution in [0.5, 0.6) is 0 Å². The molecule has 20 heavy (non-hydrogen) atoms. The average molecular weight is 272 g/mol. The van der Waals surface area contributed by atoms with E-state index >= 15 is 0 Å². The van der Waals surface area contributed by atoms with Crippen LogP contribution < -0.4 is 0 Å². The minimum atomic E-state index is -3.51. The first-order valence-corrected chi connectivity index (χ1v) is 5.82. The first-order valence-electron chi connectivity index (χ1n) is 5.82. The second-order valence-electron chi connectivity index (χ2n) is 4.21. The zero-order valence-corrected chi connectivity index (χ0v) is 10.4. The summed E-state index contributed by atoms with van der Waals surface area (Å²) in [6, 6.07) is 13.9. The van der Waals surface area contributed by atoms with Crippen molar-refractivity contribution in [3.63, 3.8) is 0 Å². The standard InChI is InChI=1S/C15H12O5/c16-13(10-6-2-1-3-7-10)11-8-4-5-9-12(11)14(17)15(18,19)20/h1-9,18-20H. The van der Waals surface area contributed by atoms with Gasteiger partial charge in [-0.15, -0.1) is 0 Å². The summed E-state index contributed by atoms with van der Waals surface area (Å²) in [6.45, 7) is 0. The quantitative estimate of drug-likeness (QED) is 0.563. The zero-order chi connectivity index (χ0) is 14.8. The number of benzene rings is 2. The number of Topliss-reactive ketones (excluding diaryl/α,β-unsaturated/α-hetero) is 1. The van der Waals surface area contributed by atoms with E-state index in [0.29, 0.717) is 5.56 Å². The Kier molecular flexibility index (Phi) is 3.76. The van der Waals surface area contributed by atoms with Crippen LogP contribution in [0.1, 0.15) is 26.3 Å². The van der Waals surface area contributed by atoms with Crippen LogP contribution in [0.25, 0.3) is 0 Å². The van der Waals surface area contributed by atoms with E-state index < -0.39 is 17.5 Å². The SMILES string of the molecule is O=C(c1ccccc1)c1ccccc1C(=O)C(O)(O)O. The van der Waals surface area contributed by atoms with E-state index in [4.69, 9.17) is 15.3 Å². The highest BCUT2D eigenvalue weighted by atomic mass is 16.7. The highest BCUT2D eigenvalue weighted by Gasteiger charge is 2.33. The lowest BCUT2D eigenvalue weighted by Crippen LogP contribution is -2.38. The summed E-state index contributed by atoms with van der Waals surface area (Å²) in [7, 11) is 0. The van der Waals surface area contributed by atoms with Gasteiger partial charge in [0.05, 0.1) is 0 Å². The van der Waals surface area contributed by atoms with Crippen LogP contribution in [0.2, 0.25) is 0 Å². The third-order valence-corrected chi connectivity index (χ3v) is 2.76. The number of ketones is 2. The van der Waals surface area contributed by atoms with Crippen LogP contribution in [-0.4, -0.2) is 32.9 Å². The number of carbonyl (C=O) groups excluding carboxylic acids is 2. The Morgan fingerprint density at radius 2 is 1.25 bits per heavy atom. The van der Waals surface area contributed by atoms with Crippen LogP contribution in [0.15, 0.2) is 54.6 Å². The molecule has 0 aliphatic rings. The molecular weight excluding hydrogens is 260 g/mol. The molecule has 2 rings (SSSR count). The molecular formula is C15H12O5. The topological polar surface area (TPSA) is 94.8 Å². The van der Waals surface area contributed by atoms with E-state index in [-0.39, 0.29) is 11.1 Å². The summed E-state index contributed by atoms with van der Waals surface area (Å²) in [5, 5.41) is 26.9. The van der Waals surface area contributed by atoms with Gasteiger partial charge < -0.3 is 15.3 Å². The van der Waals surface area contributed by atoms with Gasteiger partial charge in [0.2, 0.25) is 0 Å². The minimum Gasteiger partial charge on any atom is -0.337 e. The Hall–Kier alpha value is -2.34. The zero-order valence-electron chi connectivity index (χ0n) is 10.4. The second kappa shape index (κ2) is 5.34. The molecule has 0 saturated carbocycles. The fourth-order valence-electron chi connectivity index (χ4n) is 1.80. The van der Waals surface area contributed by atoms with Gasteiger partial charge in [0.15, 0.2) is 5.78 Å². The Labute approximate surface area is 114 Å². The molecule has 5 nitrogen and oxygen atoms in total. The Morgan fingerprint density at radius 3 is 1.80 bits per heavy atom. The van der Waals surface area contributed by atoms with Gasteiger partial charge in [-0.05, 0) is 0 Å². The van der Waals surface area contributed by atoms with Gasteiger partial charge in [0, 0.05) is 16.7 Å². The normalized spacial score (nSPS) is 11.2. The molecule has 0 atom stereocenters. The van der Waals surface area contributed by atoms with Gasteiger partial charge in [-0.1, -0.05) is 54.6 Å². The Bertz CT molecular complexity index is 641. The highest BCUT2D eigenvalue weighted by molar-refractivity contribution is 6.16. The smallest absolute Gasteiger partial charge is 0.337 e.